The van der Waals surface area contributed by atoms with Gasteiger partial charge in [-0.2, -0.15) is 0 Å². The SMILES string of the molecule is C=Nc1cc(OCc2cc(OCCCC(C)(C)SSC)cc(COc3cc(/N=C\C4Cc5ccccc5N4C)c(C)cc3OC)n2)c(OC)cc1C(=O)N1CCc2ccccc21. The first kappa shape index (κ1) is 44.4. The van der Waals surface area contributed by atoms with E-state index in [1.165, 1.54) is 11.3 Å². The van der Waals surface area contributed by atoms with Crippen LogP contribution in [0.5, 0.6) is 28.7 Å². The monoisotopic (exact) mass is 873 g/mol. The van der Waals surface area contributed by atoms with E-state index in [4.69, 9.17) is 33.7 Å². The third-order valence-electron chi connectivity index (χ3n) is 11.1. The van der Waals surface area contributed by atoms with Crippen molar-refractivity contribution in [2.24, 2.45) is 9.98 Å². The van der Waals surface area contributed by atoms with Gasteiger partial charge in [-0.3, -0.25) is 19.8 Å². The zero-order chi connectivity index (χ0) is 43.8. The Labute approximate surface area is 373 Å². The lowest BCUT2D eigenvalue weighted by atomic mass is 10.1. The van der Waals surface area contributed by atoms with Crippen LogP contribution in [0, 0.1) is 6.92 Å². The predicted molar refractivity (Wildman–Crippen MR) is 255 cm³/mol. The number of fused-ring (bicyclic) bond motifs is 2. The second-order valence-corrected chi connectivity index (χ2v) is 19.0. The van der Waals surface area contributed by atoms with Crippen LogP contribution in [0.3, 0.4) is 0 Å². The van der Waals surface area contributed by atoms with Crippen LogP contribution < -0.4 is 33.5 Å². The molecule has 0 saturated heterocycles. The van der Waals surface area contributed by atoms with Crippen LogP contribution in [0.2, 0.25) is 0 Å². The van der Waals surface area contributed by atoms with Gasteiger partial charge in [0.15, 0.2) is 23.0 Å². The Hall–Kier alpha value is -5.66. The first-order valence-electron chi connectivity index (χ1n) is 20.7. The van der Waals surface area contributed by atoms with E-state index in [-0.39, 0.29) is 29.9 Å². The Balaban J connectivity index is 1.10. The van der Waals surface area contributed by atoms with E-state index in [0.29, 0.717) is 64.5 Å². The van der Waals surface area contributed by atoms with Gasteiger partial charge in [0.05, 0.1) is 55.2 Å². The van der Waals surface area contributed by atoms with E-state index in [1.807, 2.05) is 72.5 Å². The number of anilines is 2. The van der Waals surface area contributed by atoms with Crippen LogP contribution in [0.15, 0.2) is 94.9 Å². The molecule has 7 rings (SSSR count). The summed E-state index contributed by atoms with van der Waals surface area (Å²) in [5, 5.41) is 0. The Morgan fingerprint density at radius 1 is 0.871 bits per heavy atom. The number of pyridine rings is 1. The second-order valence-electron chi connectivity index (χ2n) is 15.9. The Bertz CT molecular complexity index is 2440. The first-order valence-corrected chi connectivity index (χ1v) is 23.3. The van der Waals surface area contributed by atoms with E-state index < -0.39 is 0 Å². The van der Waals surface area contributed by atoms with Crippen molar-refractivity contribution in [2.75, 3.05) is 50.5 Å². The molecule has 1 unspecified atom stereocenters. The molecule has 0 radical (unpaired) electrons. The number of benzene rings is 4. The van der Waals surface area contributed by atoms with E-state index in [2.05, 4.69) is 68.0 Å². The zero-order valence-electron chi connectivity index (χ0n) is 36.6. The first-order chi connectivity index (χ1) is 30.0. The van der Waals surface area contributed by atoms with Gasteiger partial charge in [-0.1, -0.05) is 58.0 Å². The maximum absolute atomic E-state index is 13.9. The smallest absolute Gasteiger partial charge is 0.260 e. The summed E-state index contributed by atoms with van der Waals surface area (Å²) in [6.07, 6.45) is 7.69. The highest BCUT2D eigenvalue weighted by molar-refractivity contribution is 8.76. The van der Waals surface area contributed by atoms with Crippen molar-refractivity contribution in [3.05, 3.63) is 119 Å². The summed E-state index contributed by atoms with van der Waals surface area (Å²) in [7, 11) is 8.93. The summed E-state index contributed by atoms with van der Waals surface area (Å²) < 4.78 is 30.8. The predicted octanol–water partition coefficient (Wildman–Crippen LogP) is 10.8. The molecule has 4 aromatic carbocycles. The number of carbonyl (C=O) groups excluding carboxylic acids is 1. The van der Waals surface area contributed by atoms with Gasteiger partial charge in [0, 0.05) is 60.2 Å². The van der Waals surface area contributed by atoms with Crippen LogP contribution >= 0.6 is 21.6 Å². The molecular weight excluding hydrogens is 819 g/mol. The average Bonchev–Trinajstić information content (AvgIpc) is 3.86. The van der Waals surface area contributed by atoms with Crippen molar-refractivity contribution >= 4 is 63.2 Å². The van der Waals surface area contributed by atoms with E-state index in [1.54, 1.807) is 42.0 Å². The third-order valence-corrected chi connectivity index (χ3v) is 13.8. The average molecular weight is 874 g/mol. The molecular formula is C49H55N5O6S2. The fourth-order valence-corrected chi connectivity index (χ4v) is 10.2. The molecule has 324 valence electrons. The number of aromatic nitrogens is 1. The minimum absolute atomic E-state index is 0.0769. The van der Waals surface area contributed by atoms with Crippen molar-refractivity contribution in [3.63, 3.8) is 0 Å². The maximum atomic E-state index is 13.9. The number of rotatable bonds is 19. The number of carbonyl (C=O) groups is 1. The fourth-order valence-electron chi connectivity index (χ4n) is 7.88. The summed E-state index contributed by atoms with van der Waals surface area (Å²) in [6.45, 7) is 11.6. The Morgan fingerprint density at radius 3 is 2.18 bits per heavy atom. The number of likely N-dealkylation sites (N-methyl/N-ethyl adjacent to an activating group) is 1. The number of methoxy groups -OCH3 is 2. The Morgan fingerprint density at radius 2 is 1.52 bits per heavy atom. The van der Waals surface area contributed by atoms with Crippen molar-refractivity contribution in [3.8, 4) is 28.7 Å². The van der Waals surface area contributed by atoms with Gasteiger partial charge >= 0.3 is 0 Å². The third kappa shape index (κ3) is 10.3. The zero-order valence-corrected chi connectivity index (χ0v) is 38.2. The molecule has 3 heterocycles. The van der Waals surface area contributed by atoms with Crippen LogP contribution in [-0.2, 0) is 26.1 Å². The molecule has 1 aromatic heterocycles. The van der Waals surface area contributed by atoms with E-state index in [9.17, 15) is 4.79 Å². The van der Waals surface area contributed by atoms with Crippen molar-refractivity contribution in [2.45, 2.75) is 70.5 Å². The van der Waals surface area contributed by atoms with Crippen LogP contribution in [0.4, 0.5) is 22.7 Å². The van der Waals surface area contributed by atoms with Crippen molar-refractivity contribution in [1.29, 1.82) is 0 Å². The molecule has 0 bridgehead atoms. The van der Waals surface area contributed by atoms with Crippen LogP contribution in [0.25, 0.3) is 0 Å². The van der Waals surface area contributed by atoms with Gasteiger partial charge in [0.1, 0.15) is 19.0 Å². The number of para-hydroxylation sites is 2. The number of amides is 1. The minimum Gasteiger partial charge on any atom is -0.493 e. The summed E-state index contributed by atoms with van der Waals surface area (Å²) in [5.41, 5.74) is 8.38. The molecule has 1 atom stereocenters. The van der Waals surface area contributed by atoms with Crippen molar-refractivity contribution < 1.29 is 28.5 Å². The van der Waals surface area contributed by atoms with Gasteiger partial charge in [-0.25, -0.2) is 0 Å². The topological polar surface area (TPSA) is 107 Å². The standard InChI is InChI=1S/C49H55N5O6S2/c1-32-22-44(56-6)46(27-40(32)51-29-37-23-34-15-10-11-16-42(34)53(37)5)59-30-35-24-38(58-21-13-19-49(2,3)62-61-8)25-36(52-35)31-60-47-28-41(50-4)39(26-45(47)57-7)48(55)54-20-18-33-14-9-12-17-43(33)54/h9-12,14-17,22,24-29,37H,4,13,18-21,23,30-31H2,1-3,5-8H3/b51-29-. The number of hydrogen-bond donors (Lipinski definition) is 0. The summed E-state index contributed by atoms with van der Waals surface area (Å²) in [6, 6.07) is 27.6. The quantitative estimate of drug-likeness (QED) is 0.0452. The lowest BCUT2D eigenvalue weighted by Gasteiger charge is -2.22. The van der Waals surface area contributed by atoms with Gasteiger partial charge in [0.2, 0.25) is 0 Å². The number of aryl methyl sites for hydroxylation is 1. The summed E-state index contributed by atoms with van der Waals surface area (Å²) in [4.78, 5) is 32.0. The molecule has 0 aliphatic carbocycles. The number of ether oxygens (including phenoxy) is 5. The van der Waals surface area contributed by atoms with Gasteiger partial charge in [-0.15, -0.1) is 0 Å². The molecule has 0 fully saturated rings. The molecule has 11 nitrogen and oxygen atoms in total. The molecule has 2 aliphatic rings. The Kier molecular flexibility index (Phi) is 14.3. The highest BCUT2D eigenvalue weighted by atomic mass is 33.1. The molecule has 1 amide bonds. The summed E-state index contributed by atoms with van der Waals surface area (Å²) >= 11 is 0. The van der Waals surface area contributed by atoms with Crippen molar-refractivity contribution in [1.82, 2.24) is 4.98 Å². The highest BCUT2D eigenvalue weighted by Gasteiger charge is 2.29. The van der Waals surface area contributed by atoms with Gasteiger partial charge < -0.3 is 33.5 Å². The lowest BCUT2D eigenvalue weighted by molar-refractivity contribution is 0.0989. The van der Waals surface area contributed by atoms with Gasteiger partial charge in [0.25, 0.3) is 5.91 Å². The maximum Gasteiger partial charge on any atom is 0.260 e. The lowest BCUT2D eigenvalue weighted by Crippen LogP contribution is -2.29. The molecule has 13 heteroatoms. The normalized spacial score (nSPS) is 14.5. The molecule has 5 aromatic rings. The minimum atomic E-state index is -0.176. The number of nitrogens with zero attached hydrogens (tertiary/aromatic N) is 5. The molecule has 0 spiro atoms. The van der Waals surface area contributed by atoms with Crippen LogP contribution in [0.1, 0.15) is 65.1 Å². The largest absolute Gasteiger partial charge is 0.493 e. The van der Waals surface area contributed by atoms with Crippen LogP contribution in [-0.4, -0.2) is 75.3 Å². The second kappa shape index (κ2) is 20.0. The summed E-state index contributed by atoms with van der Waals surface area (Å²) in [5.74, 6) is 2.42. The molecule has 62 heavy (non-hydrogen) atoms. The fraction of sp³-hybridized carbons (Fsp3) is 0.347. The van der Waals surface area contributed by atoms with E-state index in [0.717, 1.165) is 48.2 Å². The van der Waals surface area contributed by atoms with E-state index >= 15 is 0 Å². The van der Waals surface area contributed by atoms with Gasteiger partial charge in [-0.05, 0) is 100 Å². The molecule has 0 N–H and O–H groups in total. The highest BCUT2D eigenvalue weighted by Crippen LogP contribution is 2.40. The number of aliphatic imine (C=N–C) groups is 2. The number of hydrogen-bond acceptors (Lipinski definition) is 12. The molecule has 0 saturated carbocycles. The molecule has 2 aliphatic heterocycles.